The summed E-state index contributed by atoms with van der Waals surface area (Å²) >= 11 is 0. The molecule has 0 bridgehead atoms. The minimum atomic E-state index is -5.22. The topological polar surface area (TPSA) is 397 Å². The lowest BCUT2D eigenvalue weighted by molar-refractivity contribution is 0.284. The van der Waals surface area contributed by atoms with E-state index in [1.807, 2.05) is 0 Å². The largest absolute Gasteiger partial charge is 0.506 e. The van der Waals surface area contributed by atoms with Gasteiger partial charge in [-0.3, -0.25) is 18.2 Å². The number of nitrogens with two attached hydrogens (primary N) is 1. The van der Waals surface area contributed by atoms with Crippen molar-refractivity contribution in [2.24, 2.45) is 20.5 Å². The third-order valence-electron chi connectivity index (χ3n) is 7.46. The molecule has 0 atom stereocenters. The molecule has 28 heteroatoms. The fourth-order valence-electron chi connectivity index (χ4n) is 4.99. The van der Waals surface area contributed by atoms with Crippen LogP contribution in [0.5, 0.6) is 17.2 Å². The molecule has 5 aromatic rings. The number of rotatable bonds is 12. The zero-order valence-electron chi connectivity index (χ0n) is 27.2. The molecule has 298 valence electrons. The Balaban J connectivity index is 1.55. The standard InChI is InChI=1S/C28H23N5O18S5/c29-19-11-17(53(39,40)41)8-14-10-23(55(45,46)47)26(28(36)24(14)19)32-30-15-1-3-18-13(7-15)9-22(54(42,43)44)25(27(18)35)33-31-20-4-2-16(12-21(20)34)52(37,38)6-5-51-56(48,49)50/h1-4,7-12,34-36H,5-6,29H2,(H,39,40,41)(H,42,43,44)(H,45,46,47)(H,48,49,50). The first kappa shape index (κ1) is 41.7. The van der Waals surface area contributed by atoms with Crippen LogP contribution in [0.25, 0.3) is 21.5 Å². The fraction of sp³-hybridized carbons (Fsp3) is 0.0714. The molecule has 0 heterocycles. The lowest BCUT2D eigenvalue weighted by Gasteiger charge is -2.12. The van der Waals surface area contributed by atoms with Gasteiger partial charge in [-0.2, -0.15) is 38.8 Å². The van der Waals surface area contributed by atoms with E-state index in [1.54, 1.807) is 0 Å². The Morgan fingerprint density at radius 3 is 1.75 bits per heavy atom. The average molecular weight is 878 g/mol. The summed E-state index contributed by atoms with van der Waals surface area (Å²) in [5.74, 6) is -3.67. The molecule has 56 heavy (non-hydrogen) atoms. The zero-order chi connectivity index (χ0) is 41.8. The smallest absolute Gasteiger partial charge is 0.397 e. The Hall–Kier alpha value is -5.43. The van der Waals surface area contributed by atoms with Gasteiger partial charge in [-0.05, 0) is 65.4 Å². The van der Waals surface area contributed by atoms with Gasteiger partial charge in [0.1, 0.15) is 32.6 Å². The normalized spacial score (nSPS) is 13.4. The Morgan fingerprint density at radius 1 is 0.589 bits per heavy atom. The molecule has 0 radical (unpaired) electrons. The average Bonchev–Trinajstić information content (AvgIpc) is 3.05. The van der Waals surface area contributed by atoms with Gasteiger partial charge in [0, 0.05) is 22.5 Å². The van der Waals surface area contributed by atoms with E-state index in [0.29, 0.717) is 12.1 Å². The number of hydrogen-bond acceptors (Lipinski definition) is 19. The van der Waals surface area contributed by atoms with Gasteiger partial charge in [0.2, 0.25) is 0 Å². The number of azo groups is 2. The quantitative estimate of drug-likeness (QED) is 0.0501. The highest BCUT2D eigenvalue weighted by atomic mass is 32.3. The van der Waals surface area contributed by atoms with E-state index in [1.165, 1.54) is 0 Å². The highest BCUT2D eigenvalue weighted by molar-refractivity contribution is 7.91. The number of aromatic hydroxyl groups is 3. The maximum Gasteiger partial charge on any atom is 0.397 e. The molecule has 0 aliphatic rings. The number of nitrogen functional groups attached to an aromatic ring is 1. The Kier molecular flexibility index (Phi) is 10.9. The van der Waals surface area contributed by atoms with Crippen molar-refractivity contribution in [3.05, 3.63) is 60.7 Å². The van der Waals surface area contributed by atoms with Crippen LogP contribution in [0.3, 0.4) is 0 Å². The van der Waals surface area contributed by atoms with E-state index in [-0.39, 0.29) is 27.2 Å². The summed E-state index contributed by atoms with van der Waals surface area (Å²) < 4.78 is 160. The first-order chi connectivity index (χ1) is 25.7. The highest BCUT2D eigenvalue weighted by Gasteiger charge is 2.26. The Bertz CT molecular complexity index is 3120. The number of benzene rings is 5. The first-order valence-corrected chi connectivity index (χ1v) is 21.8. The van der Waals surface area contributed by atoms with Crippen LogP contribution in [0.2, 0.25) is 0 Å². The second-order valence-electron chi connectivity index (χ2n) is 11.2. The highest BCUT2D eigenvalue weighted by Crippen LogP contribution is 2.46. The number of hydrogen-bond donors (Lipinski definition) is 8. The molecular formula is C28H23N5O18S5. The summed E-state index contributed by atoms with van der Waals surface area (Å²) in [5, 5.41) is 46.0. The minimum absolute atomic E-state index is 0.155. The number of phenolic OH excluding ortho intramolecular Hbond substituents is 3. The van der Waals surface area contributed by atoms with Gasteiger partial charge in [-0.1, -0.05) is 0 Å². The van der Waals surface area contributed by atoms with Gasteiger partial charge < -0.3 is 21.1 Å². The number of anilines is 1. The second-order valence-corrected chi connectivity index (χ2v) is 18.6. The van der Waals surface area contributed by atoms with Crippen molar-refractivity contribution in [2.75, 3.05) is 18.1 Å². The van der Waals surface area contributed by atoms with Crippen LogP contribution in [0.1, 0.15) is 0 Å². The monoisotopic (exact) mass is 877 g/mol. The SMILES string of the molecule is Nc1cc(S(=O)(=O)O)cc2cc(S(=O)(=O)O)c(N=Nc3ccc4c(O)c(N=Nc5ccc(S(=O)(=O)CCOS(=O)(=O)O)cc5O)c(S(=O)(=O)O)cc4c3)c(O)c12. The molecule has 5 aromatic carbocycles. The van der Waals surface area contributed by atoms with Gasteiger partial charge in [0.15, 0.2) is 21.3 Å². The molecule has 0 unspecified atom stereocenters. The van der Waals surface area contributed by atoms with Crippen molar-refractivity contribution in [3.8, 4) is 17.2 Å². The van der Waals surface area contributed by atoms with Crippen LogP contribution in [0, 0.1) is 0 Å². The van der Waals surface area contributed by atoms with E-state index < -0.39 is 123 Å². The predicted molar refractivity (Wildman–Crippen MR) is 191 cm³/mol. The molecular weight excluding hydrogens is 855 g/mol. The number of nitrogens with zero attached hydrogens (tertiary/aromatic N) is 4. The maximum atomic E-state index is 12.5. The molecule has 0 saturated heterocycles. The van der Waals surface area contributed by atoms with Gasteiger partial charge in [-0.25, -0.2) is 12.6 Å². The summed E-state index contributed by atoms with van der Waals surface area (Å²) in [6.07, 6.45) is 0. The van der Waals surface area contributed by atoms with E-state index >= 15 is 0 Å². The molecule has 0 aliphatic carbocycles. The number of phenols is 3. The van der Waals surface area contributed by atoms with Crippen molar-refractivity contribution in [1.29, 1.82) is 0 Å². The van der Waals surface area contributed by atoms with Crippen LogP contribution in [0.15, 0.2) is 101 Å². The van der Waals surface area contributed by atoms with E-state index in [0.717, 1.165) is 48.5 Å². The molecule has 0 saturated carbocycles. The molecule has 0 fully saturated rings. The molecule has 0 spiro atoms. The van der Waals surface area contributed by atoms with Crippen LogP contribution < -0.4 is 5.73 Å². The van der Waals surface area contributed by atoms with E-state index in [4.69, 9.17) is 10.3 Å². The van der Waals surface area contributed by atoms with Crippen LogP contribution in [0.4, 0.5) is 28.4 Å². The lowest BCUT2D eigenvalue weighted by Crippen LogP contribution is -2.15. The fourth-order valence-corrected chi connectivity index (χ4v) is 8.36. The van der Waals surface area contributed by atoms with Crippen molar-refractivity contribution in [1.82, 2.24) is 0 Å². The van der Waals surface area contributed by atoms with Gasteiger partial charge in [0.25, 0.3) is 30.4 Å². The van der Waals surface area contributed by atoms with Crippen molar-refractivity contribution in [2.45, 2.75) is 19.6 Å². The lowest BCUT2D eigenvalue weighted by atomic mass is 10.1. The molecule has 0 aromatic heterocycles. The van der Waals surface area contributed by atoms with Crippen LogP contribution >= 0.6 is 0 Å². The maximum absolute atomic E-state index is 12.5. The van der Waals surface area contributed by atoms with Crippen LogP contribution in [-0.2, 0) is 54.8 Å². The van der Waals surface area contributed by atoms with Crippen molar-refractivity contribution >= 4 is 101 Å². The van der Waals surface area contributed by atoms with Crippen molar-refractivity contribution in [3.63, 3.8) is 0 Å². The summed E-state index contributed by atoms with van der Waals surface area (Å²) in [5.41, 5.74) is 2.96. The van der Waals surface area contributed by atoms with Gasteiger partial charge in [-0.15, -0.1) is 15.3 Å². The first-order valence-electron chi connectivity index (χ1n) is 14.5. The summed E-state index contributed by atoms with van der Waals surface area (Å²) in [7, 11) is -24.5. The zero-order valence-corrected chi connectivity index (χ0v) is 31.3. The van der Waals surface area contributed by atoms with E-state index in [9.17, 15) is 71.1 Å². The van der Waals surface area contributed by atoms with Crippen LogP contribution in [-0.4, -0.2) is 88.0 Å². The number of sulfone groups is 1. The molecule has 0 amide bonds. The number of fused-ring (bicyclic) bond motifs is 2. The minimum Gasteiger partial charge on any atom is -0.506 e. The molecule has 0 aliphatic heterocycles. The summed E-state index contributed by atoms with van der Waals surface area (Å²) in [4.78, 5) is -3.43. The summed E-state index contributed by atoms with van der Waals surface area (Å²) in [6.45, 7) is -0.962. The summed E-state index contributed by atoms with van der Waals surface area (Å²) in [6, 6.07) is 8.85. The van der Waals surface area contributed by atoms with Gasteiger partial charge in [0.05, 0.1) is 27.8 Å². The Morgan fingerprint density at radius 2 is 1.18 bits per heavy atom. The Labute approximate surface area is 315 Å². The van der Waals surface area contributed by atoms with Crippen molar-refractivity contribution < 1.29 is 79.8 Å². The third kappa shape index (κ3) is 8.99. The van der Waals surface area contributed by atoms with E-state index in [2.05, 4.69) is 24.6 Å². The predicted octanol–water partition coefficient (Wildman–Crippen LogP) is 3.86. The molecule has 5 rings (SSSR count). The third-order valence-corrected chi connectivity index (χ3v) is 12.2. The van der Waals surface area contributed by atoms with Gasteiger partial charge >= 0.3 is 10.4 Å². The molecule has 23 nitrogen and oxygen atoms in total. The second kappa shape index (κ2) is 14.6. The molecule has 9 N–H and O–H groups in total.